The molecule has 2 heterocycles. The van der Waals surface area contributed by atoms with E-state index >= 15 is 0 Å². The first-order valence-corrected chi connectivity index (χ1v) is 8.08. The average Bonchev–Trinajstić information content (AvgIpc) is 2.48. The molecule has 0 bridgehead atoms. The van der Waals surface area contributed by atoms with E-state index in [1.54, 1.807) is 0 Å². The summed E-state index contributed by atoms with van der Waals surface area (Å²) in [7, 11) is 0. The number of piperidine rings is 1. The quantitative estimate of drug-likeness (QED) is 0.337. The molecule has 0 amide bonds. The van der Waals surface area contributed by atoms with Crippen LogP contribution in [0.25, 0.3) is 0 Å². The van der Waals surface area contributed by atoms with E-state index in [4.69, 9.17) is 9.73 Å². The lowest BCUT2D eigenvalue weighted by molar-refractivity contribution is 0.153. The van der Waals surface area contributed by atoms with E-state index < -0.39 is 0 Å². The van der Waals surface area contributed by atoms with Gasteiger partial charge in [0.15, 0.2) is 5.96 Å². The molecular formula is C16H30IN3O. The number of aliphatic imine (C=N–C) groups is 1. The van der Waals surface area contributed by atoms with Crippen molar-refractivity contribution in [1.29, 1.82) is 0 Å². The Hall–Kier alpha value is -0.300. The van der Waals surface area contributed by atoms with Crippen LogP contribution in [0, 0.1) is 5.92 Å². The minimum Gasteiger partial charge on any atom is -0.377 e. The molecule has 0 aromatic carbocycles. The van der Waals surface area contributed by atoms with Gasteiger partial charge in [-0.1, -0.05) is 18.6 Å². The van der Waals surface area contributed by atoms with Crippen LogP contribution in [-0.4, -0.2) is 50.3 Å². The summed E-state index contributed by atoms with van der Waals surface area (Å²) in [4.78, 5) is 7.22. The molecule has 1 saturated heterocycles. The van der Waals surface area contributed by atoms with Crippen molar-refractivity contribution in [3.05, 3.63) is 11.6 Å². The fourth-order valence-corrected chi connectivity index (χ4v) is 2.74. The van der Waals surface area contributed by atoms with Crippen molar-refractivity contribution in [3.63, 3.8) is 0 Å². The Bertz CT molecular complexity index is 349. The van der Waals surface area contributed by atoms with Gasteiger partial charge in [-0.25, -0.2) is 0 Å². The summed E-state index contributed by atoms with van der Waals surface area (Å²) in [5.74, 6) is 1.97. The lowest BCUT2D eigenvalue weighted by Crippen LogP contribution is -2.45. The molecule has 0 aliphatic carbocycles. The zero-order chi connectivity index (χ0) is 14.2. The Morgan fingerprint density at radius 1 is 1.43 bits per heavy atom. The van der Waals surface area contributed by atoms with Crippen LogP contribution < -0.4 is 5.32 Å². The van der Waals surface area contributed by atoms with Gasteiger partial charge in [0.05, 0.1) is 13.2 Å². The van der Waals surface area contributed by atoms with Gasteiger partial charge in [0.25, 0.3) is 0 Å². The number of nitrogens with zero attached hydrogens (tertiary/aromatic N) is 2. The minimum atomic E-state index is 0. The maximum Gasteiger partial charge on any atom is 0.193 e. The summed E-state index contributed by atoms with van der Waals surface area (Å²) < 4.78 is 5.34. The number of nitrogens with one attached hydrogen (secondary N) is 1. The van der Waals surface area contributed by atoms with Crippen molar-refractivity contribution in [2.45, 2.75) is 39.5 Å². The Labute approximate surface area is 146 Å². The number of ether oxygens (including phenoxy) is 1. The molecule has 0 saturated carbocycles. The highest BCUT2D eigenvalue weighted by Gasteiger charge is 2.18. The van der Waals surface area contributed by atoms with E-state index in [0.717, 1.165) is 64.1 Å². The van der Waals surface area contributed by atoms with Crippen molar-refractivity contribution in [2.24, 2.45) is 10.9 Å². The first kappa shape index (κ1) is 18.7. The third kappa shape index (κ3) is 6.55. The fourth-order valence-electron chi connectivity index (χ4n) is 2.74. The Kier molecular flexibility index (Phi) is 9.31. The molecule has 0 aromatic rings. The molecule has 2 aliphatic heterocycles. The van der Waals surface area contributed by atoms with E-state index in [-0.39, 0.29) is 24.0 Å². The van der Waals surface area contributed by atoms with Gasteiger partial charge in [0.1, 0.15) is 0 Å². The molecule has 1 fully saturated rings. The van der Waals surface area contributed by atoms with Crippen molar-refractivity contribution in [2.75, 3.05) is 39.4 Å². The molecule has 2 rings (SSSR count). The van der Waals surface area contributed by atoms with Crippen LogP contribution in [-0.2, 0) is 4.74 Å². The number of halogens is 1. The van der Waals surface area contributed by atoms with Crippen LogP contribution in [0.3, 0.4) is 0 Å². The third-order valence-electron chi connectivity index (χ3n) is 4.17. The van der Waals surface area contributed by atoms with E-state index in [1.165, 1.54) is 18.4 Å². The second kappa shape index (κ2) is 10.4. The van der Waals surface area contributed by atoms with Crippen LogP contribution in [0.1, 0.15) is 39.5 Å². The highest BCUT2D eigenvalue weighted by atomic mass is 127. The Morgan fingerprint density at radius 3 is 2.81 bits per heavy atom. The van der Waals surface area contributed by atoms with Gasteiger partial charge in [-0.3, -0.25) is 4.99 Å². The summed E-state index contributed by atoms with van der Waals surface area (Å²) in [6.07, 6.45) is 6.93. The van der Waals surface area contributed by atoms with Crippen LogP contribution in [0.4, 0.5) is 0 Å². The van der Waals surface area contributed by atoms with E-state index in [2.05, 4.69) is 30.1 Å². The number of likely N-dealkylation sites (tertiary alicyclic amines) is 1. The lowest BCUT2D eigenvalue weighted by atomic mass is 9.99. The second-order valence-corrected chi connectivity index (χ2v) is 5.84. The highest BCUT2D eigenvalue weighted by molar-refractivity contribution is 14.0. The molecule has 4 nitrogen and oxygen atoms in total. The van der Waals surface area contributed by atoms with Crippen LogP contribution in [0.15, 0.2) is 16.6 Å². The third-order valence-corrected chi connectivity index (χ3v) is 4.17. The average molecular weight is 407 g/mol. The van der Waals surface area contributed by atoms with Gasteiger partial charge in [-0.05, 0) is 38.5 Å². The second-order valence-electron chi connectivity index (χ2n) is 5.84. The molecule has 1 N–H and O–H groups in total. The maximum atomic E-state index is 5.34. The van der Waals surface area contributed by atoms with Crippen molar-refractivity contribution in [1.82, 2.24) is 10.2 Å². The predicted octanol–water partition coefficient (Wildman–Crippen LogP) is 3.04. The zero-order valence-corrected chi connectivity index (χ0v) is 15.8. The summed E-state index contributed by atoms with van der Waals surface area (Å²) in [5, 5.41) is 3.44. The normalized spacial score (nSPS) is 20.8. The number of rotatable bonds is 4. The molecule has 0 unspecified atom stereocenters. The van der Waals surface area contributed by atoms with Gasteiger partial charge in [0, 0.05) is 26.2 Å². The molecule has 0 spiro atoms. The van der Waals surface area contributed by atoms with Crippen LogP contribution >= 0.6 is 24.0 Å². The van der Waals surface area contributed by atoms with Crippen molar-refractivity contribution < 1.29 is 4.74 Å². The number of hydrogen-bond acceptors (Lipinski definition) is 2. The maximum absolute atomic E-state index is 5.34. The largest absolute Gasteiger partial charge is 0.377 e. The van der Waals surface area contributed by atoms with Crippen molar-refractivity contribution >= 4 is 29.9 Å². The topological polar surface area (TPSA) is 36.9 Å². The Balaban J connectivity index is 0.00000220. The van der Waals surface area contributed by atoms with Gasteiger partial charge < -0.3 is 15.0 Å². The van der Waals surface area contributed by atoms with Crippen LogP contribution in [0.2, 0.25) is 0 Å². The molecule has 0 atom stereocenters. The highest BCUT2D eigenvalue weighted by Crippen LogP contribution is 2.16. The summed E-state index contributed by atoms with van der Waals surface area (Å²) in [6, 6.07) is 0. The summed E-state index contributed by atoms with van der Waals surface area (Å²) >= 11 is 0. The van der Waals surface area contributed by atoms with Gasteiger partial charge in [-0.15, -0.1) is 24.0 Å². The molecule has 2 aliphatic rings. The standard InChI is InChI=1S/C16H29N3O.HI/c1-3-17-16(19-10-5-14(2)6-11-19)18-9-4-15-7-12-20-13-8-15;/h7,14H,3-6,8-13H2,1-2H3,(H,17,18);1H. The summed E-state index contributed by atoms with van der Waals surface area (Å²) in [5.41, 5.74) is 1.50. The monoisotopic (exact) mass is 407 g/mol. The fraction of sp³-hybridized carbons (Fsp3) is 0.812. The van der Waals surface area contributed by atoms with Crippen LogP contribution in [0.5, 0.6) is 0 Å². The predicted molar refractivity (Wildman–Crippen MR) is 99.5 cm³/mol. The molecule has 0 aromatic heterocycles. The lowest BCUT2D eigenvalue weighted by Gasteiger charge is -2.33. The Morgan fingerprint density at radius 2 is 2.19 bits per heavy atom. The molecule has 0 radical (unpaired) electrons. The number of hydrogen-bond donors (Lipinski definition) is 1. The first-order valence-electron chi connectivity index (χ1n) is 8.08. The van der Waals surface area contributed by atoms with Crippen molar-refractivity contribution in [3.8, 4) is 0 Å². The number of guanidine groups is 1. The van der Waals surface area contributed by atoms with Gasteiger partial charge >= 0.3 is 0 Å². The molecule has 5 heteroatoms. The zero-order valence-electron chi connectivity index (χ0n) is 13.4. The van der Waals surface area contributed by atoms with Gasteiger partial charge in [-0.2, -0.15) is 0 Å². The minimum absolute atomic E-state index is 0. The van der Waals surface area contributed by atoms with E-state index in [9.17, 15) is 0 Å². The SMILES string of the molecule is CCNC(=NCCC1=CCOCC1)N1CCC(C)CC1.I. The first-order chi connectivity index (χ1) is 9.79. The van der Waals surface area contributed by atoms with E-state index in [0.29, 0.717) is 0 Å². The molecular weight excluding hydrogens is 377 g/mol. The molecule has 122 valence electrons. The van der Waals surface area contributed by atoms with Gasteiger partial charge in [0.2, 0.25) is 0 Å². The van der Waals surface area contributed by atoms with E-state index in [1.807, 2.05) is 0 Å². The smallest absolute Gasteiger partial charge is 0.193 e. The summed E-state index contributed by atoms with van der Waals surface area (Å²) in [6.45, 7) is 10.3. The molecule has 21 heavy (non-hydrogen) atoms.